The van der Waals surface area contributed by atoms with E-state index < -0.39 is 5.97 Å². The van der Waals surface area contributed by atoms with Crippen LogP contribution in [-0.2, 0) is 11.2 Å². The van der Waals surface area contributed by atoms with Gasteiger partial charge < -0.3 is 9.51 Å². The van der Waals surface area contributed by atoms with Crippen LogP contribution in [0.5, 0.6) is 0 Å². The molecule has 16 heavy (non-hydrogen) atoms. The Labute approximate surface area is 109 Å². The van der Waals surface area contributed by atoms with E-state index in [4.69, 9.17) is 5.11 Å². The van der Waals surface area contributed by atoms with Crippen molar-refractivity contribution in [3.8, 4) is 0 Å². The summed E-state index contributed by atoms with van der Waals surface area (Å²) in [6.07, 6.45) is 2.37. The summed E-state index contributed by atoms with van der Waals surface area (Å²) < 4.78 is 3.58. The van der Waals surface area contributed by atoms with E-state index in [-0.39, 0.29) is 6.42 Å². The van der Waals surface area contributed by atoms with E-state index in [9.17, 15) is 4.79 Å². The molecule has 2 aromatic rings. The van der Waals surface area contributed by atoms with Crippen LogP contribution in [0.2, 0.25) is 0 Å². The Balaban J connectivity index is 2.43. The fourth-order valence-corrected chi connectivity index (χ4v) is 2.32. The average molecular weight is 348 g/mol. The minimum atomic E-state index is -0.815. The quantitative estimate of drug-likeness (QED) is 0.928. The van der Waals surface area contributed by atoms with Gasteiger partial charge in [-0.3, -0.25) is 4.79 Å². The molecule has 0 atom stereocenters. The number of carboxylic acids is 1. The number of nitrogens with zero attached hydrogens (tertiary/aromatic N) is 2. The maximum absolute atomic E-state index is 10.5. The van der Waals surface area contributed by atoms with Crippen LogP contribution in [-0.4, -0.2) is 20.5 Å². The van der Waals surface area contributed by atoms with Crippen molar-refractivity contribution < 1.29 is 9.90 Å². The Morgan fingerprint density at radius 1 is 1.50 bits per heavy atom. The smallest absolute Gasteiger partial charge is 0.303 e. The summed E-state index contributed by atoms with van der Waals surface area (Å²) >= 11 is 6.74. The maximum atomic E-state index is 10.5. The summed E-state index contributed by atoms with van der Waals surface area (Å²) in [6, 6.07) is 3.83. The molecule has 0 unspecified atom stereocenters. The van der Waals surface area contributed by atoms with E-state index in [1.165, 1.54) is 0 Å². The topological polar surface area (TPSA) is 54.6 Å². The number of halogens is 2. The van der Waals surface area contributed by atoms with Gasteiger partial charge in [-0.25, -0.2) is 4.98 Å². The number of aliphatic carboxylic acids is 1. The number of aromatic nitrogens is 2. The van der Waals surface area contributed by atoms with E-state index in [1.54, 1.807) is 0 Å². The van der Waals surface area contributed by atoms with Gasteiger partial charge in [0.25, 0.3) is 0 Å². The first kappa shape index (κ1) is 11.6. The second kappa shape index (κ2) is 4.55. The Bertz CT molecular complexity index is 551. The number of rotatable bonds is 3. The van der Waals surface area contributed by atoms with Gasteiger partial charge in [0.05, 0.1) is 11.9 Å². The fraction of sp³-hybridized carbons (Fsp3) is 0.200. The first-order valence-corrected chi connectivity index (χ1v) is 6.20. The molecule has 2 rings (SSSR count). The molecule has 0 bridgehead atoms. The maximum Gasteiger partial charge on any atom is 0.303 e. The number of carbonyl (C=O) groups is 1. The van der Waals surface area contributed by atoms with Crippen LogP contribution in [0, 0.1) is 0 Å². The Morgan fingerprint density at radius 3 is 2.94 bits per heavy atom. The largest absolute Gasteiger partial charge is 0.481 e. The molecular weight excluding hydrogens is 340 g/mol. The molecule has 0 fully saturated rings. The molecule has 2 heterocycles. The Kier molecular flexibility index (Phi) is 3.30. The lowest BCUT2D eigenvalue weighted by Gasteiger charge is -1.99. The molecule has 0 amide bonds. The van der Waals surface area contributed by atoms with Crippen LogP contribution in [0.25, 0.3) is 5.52 Å². The van der Waals surface area contributed by atoms with E-state index >= 15 is 0 Å². The van der Waals surface area contributed by atoms with Gasteiger partial charge in [-0.1, -0.05) is 15.9 Å². The van der Waals surface area contributed by atoms with Crippen LogP contribution in [0.1, 0.15) is 12.2 Å². The molecule has 2 aromatic heterocycles. The second-order valence-electron chi connectivity index (χ2n) is 3.31. The van der Waals surface area contributed by atoms with Gasteiger partial charge in [-0.05, 0) is 28.1 Å². The molecule has 0 aliphatic heterocycles. The van der Waals surface area contributed by atoms with Crippen molar-refractivity contribution in [1.82, 2.24) is 9.38 Å². The highest BCUT2D eigenvalue weighted by Gasteiger charge is 2.10. The molecule has 0 aliphatic carbocycles. The molecule has 6 heteroatoms. The highest BCUT2D eigenvalue weighted by Crippen LogP contribution is 2.22. The number of pyridine rings is 1. The van der Waals surface area contributed by atoms with E-state index in [2.05, 4.69) is 36.8 Å². The summed E-state index contributed by atoms with van der Waals surface area (Å²) in [6.45, 7) is 0. The zero-order chi connectivity index (χ0) is 11.7. The van der Waals surface area contributed by atoms with Crippen molar-refractivity contribution in [3.63, 3.8) is 0 Å². The van der Waals surface area contributed by atoms with Gasteiger partial charge in [0.15, 0.2) is 0 Å². The van der Waals surface area contributed by atoms with E-state index in [0.717, 1.165) is 20.4 Å². The predicted molar refractivity (Wildman–Crippen MR) is 66.5 cm³/mol. The monoisotopic (exact) mass is 346 g/mol. The number of hydrogen-bond donors (Lipinski definition) is 1. The number of imidazole rings is 1. The van der Waals surface area contributed by atoms with Crippen molar-refractivity contribution in [2.75, 3.05) is 0 Å². The molecule has 1 N–H and O–H groups in total. The number of carboxylic acid groups (broad SMARTS) is 1. The van der Waals surface area contributed by atoms with Gasteiger partial charge in [-0.2, -0.15) is 0 Å². The molecular formula is C10H8Br2N2O2. The molecule has 0 spiro atoms. The van der Waals surface area contributed by atoms with Gasteiger partial charge in [0.1, 0.15) is 10.4 Å². The molecule has 0 saturated carbocycles. The van der Waals surface area contributed by atoms with Crippen LogP contribution >= 0.6 is 31.9 Å². The van der Waals surface area contributed by atoms with Crippen molar-refractivity contribution in [2.24, 2.45) is 0 Å². The third kappa shape index (κ3) is 2.27. The summed E-state index contributed by atoms with van der Waals surface area (Å²) in [5.41, 5.74) is 0.926. The molecule has 4 nitrogen and oxygen atoms in total. The van der Waals surface area contributed by atoms with Crippen LogP contribution < -0.4 is 0 Å². The van der Waals surface area contributed by atoms with Gasteiger partial charge >= 0.3 is 5.97 Å². The lowest BCUT2D eigenvalue weighted by Crippen LogP contribution is -2.01. The zero-order valence-electron chi connectivity index (χ0n) is 8.15. The Hall–Kier alpha value is -0.880. The van der Waals surface area contributed by atoms with Crippen molar-refractivity contribution in [3.05, 3.63) is 33.2 Å². The summed E-state index contributed by atoms with van der Waals surface area (Å²) in [5, 5.41) is 8.64. The molecule has 0 aromatic carbocycles. The van der Waals surface area contributed by atoms with Crippen LogP contribution in [0.4, 0.5) is 0 Å². The van der Waals surface area contributed by atoms with Crippen molar-refractivity contribution in [1.29, 1.82) is 0 Å². The molecule has 0 saturated heterocycles. The molecule has 0 aliphatic rings. The van der Waals surface area contributed by atoms with Crippen LogP contribution in [0.15, 0.2) is 27.4 Å². The van der Waals surface area contributed by atoms with Gasteiger partial charge in [0, 0.05) is 17.1 Å². The predicted octanol–water partition coefficient (Wildman–Crippen LogP) is 2.88. The fourth-order valence-electron chi connectivity index (χ4n) is 1.48. The van der Waals surface area contributed by atoms with E-state index in [0.29, 0.717) is 6.42 Å². The third-order valence-electron chi connectivity index (χ3n) is 2.20. The van der Waals surface area contributed by atoms with E-state index in [1.807, 2.05) is 22.7 Å². The Morgan fingerprint density at radius 2 is 2.25 bits per heavy atom. The first-order chi connectivity index (χ1) is 7.58. The lowest BCUT2D eigenvalue weighted by atomic mass is 10.3. The average Bonchev–Trinajstić information content (AvgIpc) is 2.53. The minimum Gasteiger partial charge on any atom is -0.481 e. The third-order valence-corrected chi connectivity index (χ3v) is 3.27. The minimum absolute atomic E-state index is 0.0849. The summed E-state index contributed by atoms with van der Waals surface area (Å²) in [7, 11) is 0. The van der Waals surface area contributed by atoms with Crippen LogP contribution in [0.3, 0.4) is 0 Å². The van der Waals surface area contributed by atoms with Gasteiger partial charge in [0.2, 0.25) is 0 Å². The summed E-state index contributed by atoms with van der Waals surface area (Å²) in [4.78, 5) is 14.8. The molecule has 84 valence electrons. The summed E-state index contributed by atoms with van der Waals surface area (Å²) in [5.74, 6) is -0.0678. The first-order valence-electron chi connectivity index (χ1n) is 4.61. The van der Waals surface area contributed by atoms with Crippen molar-refractivity contribution in [2.45, 2.75) is 12.8 Å². The number of aryl methyl sites for hydroxylation is 1. The SMILES string of the molecule is O=C(O)CCc1nc(Br)c2cc(Br)ccn12. The second-order valence-corrected chi connectivity index (χ2v) is 4.98. The zero-order valence-corrected chi connectivity index (χ0v) is 11.3. The highest BCUT2D eigenvalue weighted by atomic mass is 79.9. The lowest BCUT2D eigenvalue weighted by molar-refractivity contribution is -0.137. The molecule has 0 radical (unpaired) electrons. The van der Waals surface area contributed by atoms with Crippen molar-refractivity contribution >= 4 is 43.3 Å². The highest BCUT2D eigenvalue weighted by molar-refractivity contribution is 9.11. The standard InChI is InChI=1S/C10H8Br2N2O2/c11-6-3-4-14-7(5-6)10(12)13-8(14)1-2-9(15)16/h3-5H,1-2H2,(H,15,16). The number of fused-ring (bicyclic) bond motifs is 1. The number of hydrogen-bond acceptors (Lipinski definition) is 2. The normalized spacial score (nSPS) is 10.9. The van der Waals surface area contributed by atoms with Gasteiger partial charge in [-0.15, -0.1) is 0 Å².